The molecule has 0 aliphatic carbocycles. The van der Waals surface area contributed by atoms with Crippen LogP contribution in [-0.2, 0) is 5.54 Å². The molecule has 5 rings (SSSR count). The Bertz CT molecular complexity index is 1230. The van der Waals surface area contributed by atoms with Crippen molar-refractivity contribution in [3.05, 3.63) is 71.6 Å². The summed E-state index contributed by atoms with van der Waals surface area (Å²) in [5.74, 6) is -1.00. The minimum absolute atomic E-state index is 0.00372. The van der Waals surface area contributed by atoms with E-state index in [0.717, 1.165) is 0 Å². The first-order valence-corrected chi connectivity index (χ1v) is 12.3. The molecule has 0 spiro atoms. The van der Waals surface area contributed by atoms with E-state index < -0.39 is 22.7 Å². The third-order valence-electron chi connectivity index (χ3n) is 6.36. The maximum absolute atomic E-state index is 14.4. The Balaban J connectivity index is 1.47. The average Bonchev–Trinajstić information content (AvgIpc) is 3.30. The molecule has 36 heavy (non-hydrogen) atoms. The van der Waals surface area contributed by atoms with Gasteiger partial charge in [-0.15, -0.1) is 11.8 Å². The third-order valence-corrected chi connectivity index (χ3v) is 7.53. The van der Waals surface area contributed by atoms with Crippen LogP contribution in [0, 0.1) is 17.6 Å². The molecule has 2 fully saturated rings. The minimum atomic E-state index is -0.785. The number of nitrogens with one attached hydrogen (secondary N) is 2. The van der Waals surface area contributed by atoms with Crippen LogP contribution in [0.1, 0.15) is 16.1 Å². The first-order chi connectivity index (χ1) is 17.4. The van der Waals surface area contributed by atoms with Crippen LogP contribution in [-0.4, -0.2) is 59.4 Å². The summed E-state index contributed by atoms with van der Waals surface area (Å²) < 4.78 is 38.3. The second kappa shape index (κ2) is 9.86. The van der Waals surface area contributed by atoms with Crippen molar-refractivity contribution in [2.75, 3.05) is 38.0 Å². The number of carbonyl (C=O) groups excluding carboxylic acids is 1. The summed E-state index contributed by atoms with van der Waals surface area (Å²) in [4.78, 5) is 27.6. The molecule has 3 atom stereocenters. The highest BCUT2D eigenvalue weighted by Gasteiger charge is 2.53. The molecule has 3 aromatic rings. The van der Waals surface area contributed by atoms with Gasteiger partial charge in [0, 0.05) is 30.3 Å². The summed E-state index contributed by atoms with van der Waals surface area (Å²) in [5.41, 5.74) is -0.0233. The molecular formula is C24H24F2N6O3S. The quantitative estimate of drug-likeness (QED) is 0.514. The smallest absolute Gasteiger partial charge is 0.259 e. The molecule has 0 bridgehead atoms. The second-order valence-corrected chi connectivity index (χ2v) is 9.60. The number of aromatic nitrogens is 3. The van der Waals surface area contributed by atoms with E-state index in [1.807, 2.05) is 11.0 Å². The SMILES string of the molecule is COc1nc(N2C[C@H]3CSC(NC(=O)c4ccccc4)N[C@@]3(c3ccc(F)cn3)C2)nc(OC)c1F. The van der Waals surface area contributed by atoms with Crippen LogP contribution in [0.2, 0.25) is 0 Å². The fourth-order valence-electron chi connectivity index (χ4n) is 4.60. The van der Waals surface area contributed by atoms with Crippen molar-refractivity contribution < 1.29 is 23.0 Å². The summed E-state index contributed by atoms with van der Waals surface area (Å²) in [6.07, 6.45) is 1.17. The van der Waals surface area contributed by atoms with Crippen LogP contribution in [0.3, 0.4) is 0 Å². The van der Waals surface area contributed by atoms with Gasteiger partial charge in [-0.25, -0.2) is 4.39 Å². The van der Waals surface area contributed by atoms with Crippen molar-refractivity contribution >= 4 is 23.6 Å². The van der Waals surface area contributed by atoms with Gasteiger partial charge in [-0.05, 0) is 24.3 Å². The Morgan fingerprint density at radius 1 is 1.14 bits per heavy atom. The predicted octanol–water partition coefficient (Wildman–Crippen LogP) is 2.55. The average molecular weight is 515 g/mol. The molecule has 1 amide bonds. The summed E-state index contributed by atoms with van der Waals surface area (Å²) in [6.45, 7) is 0.850. The van der Waals surface area contributed by atoms with E-state index in [9.17, 15) is 13.6 Å². The zero-order valence-corrected chi connectivity index (χ0v) is 20.4. The molecule has 2 saturated heterocycles. The summed E-state index contributed by atoms with van der Waals surface area (Å²) in [7, 11) is 2.64. The van der Waals surface area contributed by atoms with Crippen molar-refractivity contribution in [2.45, 2.75) is 11.0 Å². The summed E-state index contributed by atoms with van der Waals surface area (Å²) in [5, 5.41) is 6.57. The lowest BCUT2D eigenvalue weighted by atomic mass is 9.84. The van der Waals surface area contributed by atoms with Crippen molar-refractivity contribution in [2.24, 2.45) is 5.92 Å². The number of fused-ring (bicyclic) bond motifs is 1. The number of anilines is 1. The molecule has 12 heteroatoms. The molecule has 4 heterocycles. The maximum Gasteiger partial charge on any atom is 0.259 e. The Kier molecular flexibility index (Phi) is 6.63. The lowest BCUT2D eigenvalue weighted by molar-refractivity contribution is 0.0933. The van der Waals surface area contributed by atoms with Crippen LogP contribution >= 0.6 is 11.8 Å². The Labute approximate surface area is 210 Å². The molecular weight excluding hydrogens is 490 g/mol. The fraction of sp³-hybridized carbons (Fsp3) is 0.333. The first kappa shape index (κ1) is 24.2. The lowest BCUT2D eigenvalue weighted by Crippen LogP contribution is -2.61. The fourth-order valence-corrected chi connectivity index (χ4v) is 5.90. The Hall–Kier alpha value is -3.51. The van der Waals surface area contributed by atoms with E-state index >= 15 is 0 Å². The largest absolute Gasteiger partial charge is 0.479 e. The highest BCUT2D eigenvalue weighted by Crippen LogP contribution is 2.44. The highest BCUT2D eigenvalue weighted by molar-refractivity contribution is 7.99. The van der Waals surface area contributed by atoms with Crippen LogP contribution in [0.25, 0.3) is 0 Å². The number of nitrogens with zero attached hydrogens (tertiary/aromatic N) is 4. The van der Waals surface area contributed by atoms with E-state index in [1.165, 1.54) is 26.5 Å². The van der Waals surface area contributed by atoms with E-state index in [4.69, 9.17) is 9.47 Å². The third kappa shape index (κ3) is 4.42. The number of benzene rings is 1. The molecule has 2 aliphatic rings. The molecule has 2 aliphatic heterocycles. The van der Waals surface area contributed by atoms with Gasteiger partial charge in [-0.3, -0.25) is 15.1 Å². The number of methoxy groups -OCH3 is 2. The standard InChI is InChI=1S/C24H24F2N6O3S/c1-34-20-18(26)21(35-2)30-22(29-20)32-11-15-12-36-23(28-19(33)14-6-4-3-5-7-14)31-24(15,13-32)17-9-8-16(25)10-27-17/h3-10,15,23,31H,11-13H2,1-2H3,(H,28,33)/t15-,23?,24-/m0/s1. The van der Waals surface area contributed by atoms with Gasteiger partial charge in [0.05, 0.1) is 31.6 Å². The van der Waals surface area contributed by atoms with E-state index in [2.05, 4.69) is 25.6 Å². The molecule has 9 nitrogen and oxygen atoms in total. The van der Waals surface area contributed by atoms with Gasteiger partial charge in [0.25, 0.3) is 17.7 Å². The highest BCUT2D eigenvalue weighted by atomic mass is 32.2. The van der Waals surface area contributed by atoms with Crippen molar-refractivity contribution in [1.29, 1.82) is 0 Å². The van der Waals surface area contributed by atoms with Crippen molar-refractivity contribution in [3.8, 4) is 11.8 Å². The molecule has 0 saturated carbocycles. The molecule has 1 unspecified atom stereocenters. The monoisotopic (exact) mass is 514 g/mol. The number of halogens is 2. The van der Waals surface area contributed by atoms with Gasteiger partial charge in [-0.2, -0.15) is 14.4 Å². The van der Waals surface area contributed by atoms with Gasteiger partial charge in [-0.1, -0.05) is 18.2 Å². The number of hydrogen-bond acceptors (Lipinski definition) is 9. The predicted molar refractivity (Wildman–Crippen MR) is 130 cm³/mol. The minimum Gasteiger partial charge on any atom is -0.479 e. The Morgan fingerprint density at radius 3 is 2.50 bits per heavy atom. The number of amides is 1. The van der Waals surface area contributed by atoms with Crippen LogP contribution in [0.4, 0.5) is 14.7 Å². The number of carbonyl (C=O) groups is 1. The molecule has 188 valence electrons. The molecule has 2 N–H and O–H groups in total. The number of hydrogen-bond donors (Lipinski definition) is 2. The zero-order chi connectivity index (χ0) is 25.3. The first-order valence-electron chi connectivity index (χ1n) is 11.2. The topological polar surface area (TPSA) is 102 Å². The van der Waals surface area contributed by atoms with Crippen LogP contribution < -0.4 is 25.0 Å². The van der Waals surface area contributed by atoms with E-state index in [0.29, 0.717) is 30.1 Å². The van der Waals surface area contributed by atoms with E-state index in [1.54, 1.807) is 42.1 Å². The zero-order valence-electron chi connectivity index (χ0n) is 19.6. The Morgan fingerprint density at radius 2 is 1.86 bits per heavy atom. The van der Waals surface area contributed by atoms with Crippen molar-refractivity contribution in [1.82, 2.24) is 25.6 Å². The number of pyridine rings is 1. The van der Waals surface area contributed by atoms with Crippen LogP contribution in [0.5, 0.6) is 11.8 Å². The van der Waals surface area contributed by atoms with Gasteiger partial charge in [0.15, 0.2) is 0 Å². The molecule has 0 radical (unpaired) electrons. The molecule has 2 aromatic heterocycles. The van der Waals surface area contributed by atoms with Gasteiger partial charge in [0.2, 0.25) is 11.8 Å². The van der Waals surface area contributed by atoms with Gasteiger partial charge >= 0.3 is 0 Å². The molecule has 1 aromatic carbocycles. The number of thioether (sulfide) groups is 1. The number of rotatable bonds is 6. The van der Waals surface area contributed by atoms with Crippen molar-refractivity contribution in [3.63, 3.8) is 0 Å². The van der Waals surface area contributed by atoms with E-state index in [-0.39, 0.29) is 29.5 Å². The van der Waals surface area contributed by atoms with Gasteiger partial charge in [0.1, 0.15) is 11.3 Å². The van der Waals surface area contributed by atoms with Gasteiger partial charge < -0.3 is 19.7 Å². The lowest BCUT2D eigenvalue weighted by Gasteiger charge is -2.42. The summed E-state index contributed by atoms with van der Waals surface area (Å²) >= 11 is 1.55. The second-order valence-electron chi connectivity index (χ2n) is 8.46. The maximum atomic E-state index is 14.4. The normalized spacial score (nSPS) is 23.2. The summed E-state index contributed by atoms with van der Waals surface area (Å²) in [6, 6.07) is 11.9. The van der Waals surface area contributed by atoms with Crippen LogP contribution in [0.15, 0.2) is 48.7 Å². The number of ether oxygens (including phenoxy) is 2.